The van der Waals surface area contributed by atoms with Crippen LogP contribution >= 0.6 is 0 Å². The lowest BCUT2D eigenvalue weighted by Crippen LogP contribution is -2.49. The molecule has 0 bridgehead atoms. The molecule has 2 aromatic heterocycles. The van der Waals surface area contributed by atoms with Crippen molar-refractivity contribution in [3.63, 3.8) is 0 Å². The number of hydrogen-bond acceptors (Lipinski definition) is 6. The second kappa shape index (κ2) is 6.79. The highest BCUT2D eigenvalue weighted by atomic mass is 16.4. The third kappa shape index (κ3) is 3.27. The first-order valence-electron chi connectivity index (χ1n) is 8.06. The molecule has 2 aromatic rings. The number of nitriles is 1. The van der Waals surface area contributed by atoms with E-state index in [4.69, 9.17) is 8.83 Å². The number of carbonyl (C=O) groups is 1. The minimum atomic E-state index is 0.180. The van der Waals surface area contributed by atoms with Crippen LogP contribution in [0.1, 0.15) is 26.0 Å². The van der Waals surface area contributed by atoms with Crippen LogP contribution < -0.4 is 4.90 Å². The molecule has 1 amide bonds. The molecule has 0 aliphatic carbocycles. The highest BCUT2D eigenvalue weighted by Gasteiger charge is 2.27. The van der Waals surface area contributed by atoms with E-state index in [1.54, 1.807) is 12.1 Å². The Morgan fingerprint density at radius 3 is 2.71 bits per heavy atom. The lowest BCUT2D eigenvalue weighted by atomic mass is 10.1. The molecule has 7 heteroatoms. The normalized spacial score (nSPS) is 14.9. The molecule has 0 N–H and O–H groups in total. The van der Waals surface area contributed by atoms with E-state index < -0.39 is 0 Å². The molecule has 7 nitrogen and oxygen atoms in total. The second-order valence-corrected chi connectivity index (χ2v) is 6.23. The standard InChI is InChI=1S/C17H20N4O3/c1-12(2)10-15(22)20-5-7-21(8-6-20)17-13(11-18)19-16(24-17)14-4-3-9-23-14/h3-4,9,12H,5-8,10H2,1-2H3. The largest absolute Gasteiger partial charge is 0.459 e. The van der Waals surface area contributed by atoms with Gasteiger partial charge in [-0.1, -0.05) is 13.8 Å². The number of oxazole rings is 1. The summed E-state index contributed by atoms with van der Waals surface area (Å²) >= 11 is 0. The van der Waals surface area contributed by atoms with Crippen LogP contribution in [0.5, 0.6) is 0 Å². The van der Waals surface area contributed by atoms with E-state index in [1.165, 1.54) is 6.26 Å². The quantitative estimate of drug-likeness (QED) is 0.857. The van der Waals surface area contributed by atoms with Gasteiger partial charge in [-0.05, 0) is 18.1 Å². The Hall–Kier alpha value is -2.75. The molecule has 0 radical (unpaired) electrons. The van der Waals surface area contributed by atoms with Crippen molar-refractivity contribution < 1.29 is 13.6 Å². The first kappa shape index (κ1) is 16.1. The zero-order valence-electron chi connectivity index (χ0n) is 13.9. The number of carbonyl (C=O) groups excluding carboxylic acids is 1. The lowest BCUT2D eigenvalue weighted by molar-refractivity contribution is -0.132. The van der Waals surface area contributed by atoms with Crippen LogP contribution in [0.25, 0.3) is 11.7 Å². The van der Waals surface area contributed by atoms with E-state index >= 15 is 0 Å². The van der Waals surface area contributed by atoms with Crippen LogP contribution in [0.4, 0.5) is 5.88 Å². The third-order valence-electron chi connectivity index (χ3n) is 3.95. The molecule has 126 valence electrons. The van der Waals surface area contributed by atoms with Crippen molar-refractivity contribution in [3.8, 4) is 17.7 Å². The van der Waals surface area contributed by atoms with Crippen LogP contribution in [-0.4, -0.2) is 42.0 Å². The minimum absolute atomic E-state index is 0.180. The van der Waals surface area contributed by atoms with Crippen molar-refractivity contribution in [2.75, 3.05) is 31.1 Å². The molecule has 24 heavy (non-hydrogen) atoms. The molecule has 0 atom stereocenters. The summed E-state index contributed by atoms with van der Waals surface area (Å²) in [5, 5.41) is 9.30. The molecule has 3 heterocycles. The van der Waals surface area contributed by atoms with E-state index in [2.05, 4.69) is 11.1 Å². The van der Waals surface area contributed by atoms with Gasteiger partial charge in [-0.15, -0.1) is 0 Å². The van der Waals surface area contributed by atoms with Gasteiger partial charge in [0.15, 0.2) is 5.76 Å². The van der Waals surface area contributed by atoms with Gasteiger partial charge in [0.25, 0.3) is 5.89 Å². The van der Waals surface area contributed by atoms with Crippen LogP contribution in [0.15, 0.2) is 27.2 Å². The van der Waals surface area contributed by atoms with E-state index in [0.29, 0.717) is 56.1 Å². The minimum Gasteiger partial charge on any atom is -0.459 e. The first-order valence-corrected chi connectivity index (χ1v) is 8.06. The van der Waals surface area contributed by atoms with Crippen LogP contribution in [-0.2, 0) is 4.79 Å². The van der Waals surface area contributed by atoms with Crippen molar-refractivity contribution in [2.24, 2.45) is 5.92 Å². The smallest absolute Gasteiger partial charge is 0.266 e. The number of aromatic nitrogens is 1. The number of furan rings is 1. The number of nitrogens with zero attached hydrogens (tertiary/aromatic N) is 4. The predicted molar refractivity (Wildman–Crippen MR) is 87.2 cm³/mol. The topological polar surface area (TPSA) is 86.5 Å². The summed E-state index contributed by atoms with van der Waals surface area (Å²) in [6, 6.07) is 5.54. The fraction of sp³-hybridized carbons (Fsp3) is 0.471. The van der Waals surface area contributed by atoms with Crippen LogP contribution in [0.3, 0.4) is 0 Å². The molecule has 1 aliphatic rings. The highest BCUT2D eigenvalue weighted by molar-refractivity contribution is 5.76. The highest BCUT2D eigenvalue weighted by Crippen LogP contribution is 2.29. The van der Waals surface area contributed by atoms with Crippen molar-refractivity contribution in [2.45, 2.75) is 20.3 Å². The zero-order valence-corrected chi connectivity index (χ0v) is 13.9. The lowest BCUT2D eigenvalue weighted by Gasteiger charge is -2.34. The van der Waals surface area contributed by atoms with Crippen molar-refractivity contribution in [1.29, 1.82) is 5.26 Å². The summed E-state index contributed by atoms with van der Waals surface area (Å²) in [6.45, 7) is 6.55. The molecular weight excluding hydrogens is 308 g/mol. The average molecular weight is 328 g/mol. The molecular formula is C17H20N4O3. The maximum absolute atomic E-state index is 12.1. The Morgan fingerprint density at radius 1 is 1.38 bits per heavy atom. The molecule has 0 saturated carbocycles. The molecule has 1 fully saturated rings. The van der Waals surface area contributed by atoms with Gasteiger partial charge in [-0.25, -0.2) is 0 Å². The molecule has 0 aromatic carbocycles. The number of piperazine rings is 1. The van der Waals surface area contributed by atoms with Gasteiger partial charge in [0.05, 0.1) is 6.26 Å². The Balaban J connectivity index is 1.70. The average Bonchev–Trinajstić information content (AvgIpc) is 3.23. The zero-order chi connectivity index (χ0) is 17.1. The monoisotopic (exact) mass is 328 g/mol. The fourth-order valence-electron chi connectivity index (χ4n) is 2.74. The van der Waals surface area contributed by atoms with Crippen molar-refractivity contribution in [1.82, 2.24) is 9.88 Å². The maximum atomic E-state index is 12.1. The van der Waals surface area contributed by atoms with E-state index in [-0.39, 0.29) is 11.6 Å². The van der Waals surface area contributed by atoms with Gasteiger partial charge < -0.3 is 18.6 Å². The molecule has 1 aliphatic heterocycles. The summed E-state index contributed by atoms with van der Waals surface area (Å²) in [7, 11) is 0. The first-order chi connectivity index (χ1) is 11.6. The summed E-state index contributed by atoms with van der Waals surface area (Å²) in [5.41, 5.74) is 0.239. The third-order valence-corrected chi connectivity index (χ3v) is 3.95. The summed E-state index contributed by atoms with van der Waals surface area (Å²) in [4.78, 5) is 20.2. The van der Waals surface area contributed by atoms with Gasteiger partial charge in [-0.3, -0.25) is 4.79 Å². The Bertz CT molecular complexity index is 734. The maximum Gasteiger partial charge on any atom is 0.266 e. The van der Waals surface area contributed by atoms with Gasteiger partial charge in [0, 0.05) is 32.6 Å². The summed E-state index contributed by atoms with van der Waals surface area (Å²) in [5.74, 6) is 1.76. The van der Waals surface area contributed by atoms with Crippen LogP contribution in [0.2, 0.25) is 0 Å². The molecule has 3 rings (SSSR count). The van der Waals surface area contributed by atoms with Crippen molar-refractivity contribution in [3.05, 3.63) is 24.1 Å². The molecule has 1 saturated heterocycles. The van der Waals surface area contributed by atoms with Crippen molar-refractivity contribution >= 4 is 11.8 Å². The number of amides is 1. The van der Waals surface area contributed by atoms with E-state index in [1.807, 2.05) is 23.6 Å². The van der Waals surface area contributed by atoms with Gasteiger partial charge >= 0.3 is 0 Å². The van der Waals surface area contributed by atoms with E-state index in [9.17, 15) is 10.1 Å². The summed E-state index contributed by atoms with van der Waals surface area (Å²) < 4.78 is 11.0. The molecule has 0 unspecified atom stereocenters. The van der Waals surface area contributed by atoms with Gasteiger partial charge in [0.2, 0.25) is 17.5 Å². The summed E-state index contributed by atoms with van der Waals surface area (Å²) in [6.07, 6.45) is 2.10. The SMILES string of the molecule is CC(C)CC(=O)N1CCN(c2oc(-c3ccco3)nc2C#N)CC1. The molecule has 0 spiro atoms. The van der Waals surface area contributed by atoms with Gasteiger partial charge in [-0.2, -0.15) is 10.2 Å². The van der Waals surface area contributed by atoms with E-state index in [0.717, 1.165) is 0 Å². The van der Waals surface area contributed by atoms with Crippen LogP contribution in [0, 0.1) is 17.2 Å². The van der Waals surface area contributed by atoms with Gasteiger partial charge in [0.1, 0.15) is 6.07 Å². The fourth-order valence-corrected chi connectivity index (χ4v) is 2.74. The second-order valence-electron chi connectivity index (χ2n) is 6.23. The predicted octanol–water partition coefficient (Wildman–Crippen LogP) is 2.50. The number of rotatable bonds is 4. The Morgan fingerprint density at radius 2 is 2.12 bits per heavy atom. The number of anilines is 1. The Labute approximate surface area is 140 Å². The Kier molecular flexibility index (Phi) is 4.56. The number of hydrogen-bond donors (Lipinski definition) is 0.